The molecule has 180 valence electrons. The minimum Gasteiger partial charge on any atom is -0.345 e. The quantitative estimate of drug-likeness (QED) is 0.476. The fraction of sp³-hybridized carbons (Fsp3) is 0.619. The van der Waals surface area contributed by atoms with E-state index in [1.54, 1.807) is 0 Å². The minimum atomic E-state index is -4.80. The molecule has 2 heterocycles. The van der Waals surface area contributed by atoms with Crippen molar-refractivity contribution in [2.45, 2.75) is 44.8 Å². The third kappa shape index (κ3) is 4.97. The molecule has 2 fully saturated rings. The second-order valence-corrected chi connectivity index (χ2v) is 9.83. The number of anilines is 1. The van der Waals surface area contributed by atoms with Gasteiger partial charge in [0.25, 0.3) is 11.2 Å². The highest BCUT2D eigenvalue weighted by Crippen LogP contribution is 2.38. The van der Waals surface area contributed by atoms with Gasteiger partial charge in [-0.1, -0.05) is 18.3 Å². The summed E-state index contributed by atoms with van der Waals surface area (Å²) in [4.78, 5) is 29.0. The lowest BCUT2D eigenvalue weighted by atomic mass is 9.87. The van der Waals surface area contributed by atoms with E-state index in [-0.39, 0.29) is 10.1 Å². The lowest BCUT2D eigenvalue weighted by Crippen LogP contribution is -2.56. The summed E-state index contributed by atoms with van der Waals surface area (Å²) >= 11 is 0.893. The Morgan fingerprint density at radius 2 is 1.79 bits per heavy atom. The molecule has 1 aliphatic carbocycles. The van der Waals surface area contributed by atoms with Crippen LogP contribution in [0.25, 0.3) is 10.1 Å². The fourth-order valence-electron chi connectivity index (χ4n) is 4.63. The molecular formula is C21H26F3N5O3S. The van der Waals surface area contributed by atoms with Gasteiger partial charge in [-0.25, -0.2) is 10.0 Å². The number of halogens is 3. The Morgan fingerprint density at radius 1 is 1.15 bits per heavy atom. The molecule has 0 unspecified atom stereocenters. The summed E-state index contributed by atoms with van der Waals surface area (Å²) in [5, 5.41) is 16.0. The Bertz CT molecular complexity index is 1090. The molecule has 8 nitrogen and oxygen atoms in total. The van der Waals surface area contributed by atoms with Gasteiger partial charge in [0.15, 0.2) is 5.13 Å². The van der Waals surface area contributed by atoms with Crippen LogP contribution in [0.2, 0.25) is 0 Å². The topological polar surface area (TPSA) is 82.8 Å². The number of alkyl halides is 3. The molecule has 2 aliphatic rings. The fourth-order valence-corrected chi connectivity index (χ4v) is 5.74. The van der Waals surface area contributed by atoms with Crippen LogP contribution in [0.4, 0.5) is 24.0 Å². The Labute approximate surface area is 192 Å². The van der Waals surface area contributed by atoms with Crippen LogP contribution >= 0.6 is 11.3 Å². The Morgan fingerprint density at radius 3 is 2.36 bits per heavy atom. The summed E-state index contributed by atoms with van der Waals surface area (Å²) in [6.07, 6.45) is -0.0321. The first kappa shape index (κ1) is 23.8. The van der Waals surface area contributed by atoms with E-state index in [1.807, 2.05) is 4.90 Å². The smallest absolute Gasteiger partial charge is 0.345 e. The number of benzene rings is 1. The molecule has 2 aromatic rings. The number of hydrogen-bond donors (Lipinski definition) is 0. The maximum absolute atomic E-state index is 13.2. The predicted octanol–water partition coefficient (Wildman–Crippen LogP) is 4.13. The Kier molecular flexibility index (Phi) is 6.61. The molecule has 12 heteroatoms. The predicted molar refractivity (Wildman–Crippen MR) is 121 cm³/mol. The van der Waals surface area contributed by atoms with Crippen molar-refractivity contribution in [1.82, 2.24) is 15.0 Å². The van der Waals surface area contributed by atoms with E-state index >= 15 is 0 Å². The van der Waals surface area contributed by atoms with Crippen LogP contribution in [0.3, 0.4) is 0 Å². The highest BCUT2D eigenvalue weighted by atomic mass is 32.1. The molecule has 0 spiro atoms. The highest BCUT2D eigenvalue weighted by molar-refractivity contribution is 7.22. The number of rotatable bonds is 4. The summed E-state index contributed by atoms with van der Waals surface area (Å²) < 4.78 is 39.4. The van der Waals surface area contributed by atoms with Gasteiger partial charge < -0.3 is 4.90 Å². The van der Waals surface area contributed by atoms with Gasteiger partial charge in [0.2, 0.25) is 0 Å². The zero-order valence-corrected chi connectivity index (χ0v) is 19.3. The summed E-state index contributed by atoms with van der Waals surface area (Å²) in [6, 6.07) is 1.64. The number of nitrogens with zero attached hydrogens (tertiary/aromatic N) is 5. The van der Waals surface area contributed by atoms with Crippen LogP contribution in [-0.2, 0) is 6.18 Å². The zero-order valence-electron chi connectivity index (χ0n) is 18.5. The van der Waals surface area contributed by atoms with Gasteiger partial charge in [0.05, 0.1) is 15.9 Å². The number of aromatic nitrogens is 1. The number of fused-ring (bicyclic) bond motifs is 1. The van der Waals surface area contributed by atoms with Gasteiger partial charge in [-0.05, 0) is 37.7 Å². The van der Waals surface area contributed by atoms with Crippen LogP contribution in [0, 0.1) is 16.0 Å². The number of nitro groups is 1. The molecule has 1 saturated heterocycles. The third-order valence-corrected chi connectivity index (χ3v) is 7.87. The van der Waals surface area contributed by atoms with Crippen molar-refractivity contribution in [3.8, 4) is 0 Å². The molecule has 0 radical (unpaired) electrons. The van der Waals surface area contributed by atoms with Crippen molar-refractivity contribution in [3.05, 3.63) is 38.2 Å². The second kappa shape index (κ2) is 9.15. The Hall–Kier alpha value is -2.31. The van der Waals surface area contributed by atoms with Crippen molar-refractivity contribution in [3.63, 3.8) is 0 Å². The summed E-state index contributed by atoms with van der Waals surface area (Å²) in [5.41, 5.74) is -2.84. The van der Waals surface area contributed by atoms with E-state index in [4.69, 9.17) is 0 Å². The lowest BCUT2D eigenvalue weighted by Gasteiger charge is -2.44. The number of piperazine rings is 1. The Balaban J connectivity index is 1.55. The van der Waals surface area contributed by atoms with Crippen LogP contribution in [-0.4, -0.2) is 59.2 Å². The first-order valence-corrected chi connectivity index (χ1v) is 11.8. The maximum atomic E-state index is 13.2. The minimum absolute atomic E-state index is 0.0844. The second-order valence-electron chi connectivity index (χ2n) is 8.86. The van der Waals surface area contributed by atoms with E-state index < -0.39 is 27.9 Å². The molecule has 0 amide bonds. The van der Waals surface area contributed by atoms with Crippen molar-refractivity contribution in [2.24, 2.45) is 5.92 Å². The van der Waals surface area contributed by atoms with Gasteiger partial charge in [-0.15, -0.1) is 0 Å². The van der Waals surface area contributed by atoms with E-state index in [2.05, 4.69) is 29.0 Å². The molecule has 0 atom stereocenters. The van der Waals surface area contributed by atoms with Crippen LogP contribution < -0.4 is 10.5 Å². The van der Waals surface area contributed by atoms with E-state index in [0.29, 0.717) is 49.5 Å². The molecule has 1 aliphatic heterocycles. The first-order valence-electron chi connectivity index (χ1n) is 11.0. The summed E-state index contributed by atoms with van der Waals surface area (Å²) in [5.74, 6) is 0.768. The van der Waals surface area contributed by atoms with Crippen LogP contribution in [0.15, 0.2) is 16.9 Å². The standard InChI is InChI=1S/C21H26F3N5O3S/c1-13-3-5-15(6-4-13)26(2)28-9-7-27(8-10-28)20-25-19(30)16-11-14(21(22,23)24)12-17(29(31)32)18(16)33-20/h11-13,15H,3-10H2,1-2H3. The van der Waals surface area contributed by atoms with Gasteiger partial charge in [0.1, 0.15) is 4.70 Å². The van der Waals surface area contributed by atoms with Gasteiger partial charge in [0, 0.05) is 45.3 Å². The van der Waals surface area contributed by atoms with E-state index in [1.165, 1.54) is 12.8 Å². The molecular weight excluding hydrogens is 459 g/mol. The third-order valence-electron chi connectivity index (χ3n) is 6.70. The summed E-state index contributed by atoms with van der Waals surface area (Å²) in [6.45, 7) is 4.83. The lowest BCUT2D eigenvalue weighted by molar-refractivity contribution is -0.383. The van der Waals surface area contributed by atoms with Crippen molar-refractivity contribution in [1.29, 1.82) is 0 Å². The van der Waals surface area contributed by atoms with E-state index in [0.717, 1.165) is 30.1 Å². The average molecular weight is 486 g/mol. The zero-order chi connectivity index (χ0) is 23.9. The normalized spacial score (nSPS) is 22.8. The molecule has 1 aromatic carbocycles. The van der Waals surface area contributed by atoms with Gasteiger partial charge >= 0.3 is 6.18 Å². The SMILES string of the molecule is CC1CCC(N(C)N2CCN(c3nc(=O)c4cc(C(F)(F)F)cc([N+](=O)[O-])c4s3)CC2)CC1. The molecule has 33 heavy (non-hydrogen) atoms. The van der Waals surface area contributed by atoms with Crippen molar-refractivity contribution < 1.29 is 18.1 Å². The molecule has 1 saturated carbocycles. The van der Waals surface area contributed by atoms with Crippen molar-refractivity contribution >= 4 is 32.2 Å². The number of hydrazine groups is 1. The van der Waals surface area contributed by atoms with Gasteiger partial charge in [-0.2, -0.15) is 18.2 Å². The van der Waals surface area contributed by atoms with Crippen molar-refractivity contribution in [2.75, 3.05) is 38.1 Å². The molecule has 0 N–H and O–H groups in total. The summed E-state index contributed by atoms with van der Waals surface area (Å²) in [7, 11) is 2.10. The molecule has 1 aromatic heterocycles. The average Bonchev–Trinajstić information content (AvgIpc) is 2.78. The highest BCUT2D eigenvalue weighted by Gasteiger charge is 2.35. The van der Waals surface area contributed by atoms with Crippen LogP contribution in [0.5, 0.6) is 0 Å². The first-order chi connectivity index (χ1) is 15.5. The maximum Gasteiger partial charge on any atom is 0.416 e. The monoisotopic (exact) mass is 485 g/mol. The number of non-ortho nitro benzene ring substituents is 1. The molecule has 0 bridgehead atoms. The van der Waals surface area contributed by atoms with Gasteiger partial charge in [-0.3, -0.25) is 14.9 Å². The molecule has 4 rings (SSSR count). The van der Waals surface area contributed by atoms with Crippen LogP contribution in [0.1, 0.15) is 38.2 Å². The van der Waals surface area contributed by atoms with E-state index in [9.17, 15) is 28.1 Å². The number of hydrogen-bond acceptors (Lipinski definition) is 8. The largest absolute Gasteiger partial charge is 0.416 e. The number of nitro benzene ring substituents is 1.